The van der Waals surface area contributed by atoms with Crippen LogP contribution in [0.5, 0.6) is 0 Å². The van der Waals surface area contributed by atoms with E-state index in [0.29, 0.717) is 0 Å². The lowest BCUT2D eigenvalue weighted by molar-refractivity contribution is 0.590. The van der Waals surface area contributed by atoms with Gasteiger partial charge in [0.1, 0.15) is 0 Å². The molecule has 124 valence electrons. The number of benzene rings is 3. The van der Waals surface area contributed by atoms with Gasteiger partial charge in [0.15, 0.2) is 0 Å². The van der Waals surface area contributed by atoms with E-state index in [2.05, 4.69) is 94.4 Å². The van der Waals surface area contributed by atoms with Gasteiger partial charge in [-0.25, -0.2) is 0 Å². The number of hydrogen-bond donors (Lipinski definition) is 0. The van der Waals surface area contributed by atoms with Crippen LogP contribution in [-0.4, -0.2) is 0 Å². The van der Waals surface area contributed by atoms with Crippen LogP contribution >= 0.6 is 0 Å². The second-order valence-electron chi connectivity index (χ2n) is 7.26. The van der Waals surface area contributed by atoms with E-state index in [0.717, 1.165) is 6.42 Å². The summed E-state index contributed by atoms with van der Waals surface area (Å²) in [4.78, 5) is 0. The molecule has 0 amide bonds. The first kappa shape index (κ1) is 18.0. The van der Waals surface area contributed by atoms with E-state index < -0.39 is 0 Å². The molecule has 0 radical (unpaired) electrons. The zero-order valence-electron chi connectivity index (χ0n) is 15.3. The molecule has 0 bridgehead atoms. The molecule has 24 heavy (non-hydrogen) atoms. The van der Waals surface area contributed by atoms with Crippen LogP contribution in [0.2, 0.25) is 0 Å². The Hall–Kier alpha value is -2.34. The zero-order valence-corrected chi connectivity index (χ0v) is 15.3. The highest BCUT2D eigenvalue weighted by molar-refractivity contribution is 5.31. The molecule has 3 rings (SSSR count). The fraction of sp³-hybridized carbons (Fsp3) is 0.250. The molecule has 0 N–H and O–H groups in total. The molecule has 0 aliphatic carbocycles. The Kier molecular flexibility index (Phi) is 6.37. The first-order chi connectivity index (χ1) is 11.4. The van der Waals surface area contributed by atoms with Gasteiger partial charge in [-0.2, -0.15) is 0 Å². The van der Waals surface area contributed by atoms with E-state index in [4.69, 9.17) is 0 Å². The molecule has 0 saturated heterocycles. The lowest BCUT2D eigenvalue weighted by atomic mass is 9.86. The highest BCUT2D eigenvalue weighted by Gasteiger charge is 2.12. The maximum atomic E-state index is 2.25. The van der Waals surface area contributed by atoms with E-state index in [1.807, 2.05) is 18.2 Å². The van der Waals surface area contributed by atoms with Crippen molar-refractivity contribution in [3.05, 3.63) is 107 Å². The van der Waals surface area contributed by atoms with Crippen LogP contribution in [0, 0.1) is 6.92 Å². The molecular weight excluding hydrogens is 288 g/mol. The van der Waals surface area contributed by atoms with Crippen molar-refractivity contribution < 1.29 is 0 Å². The first-order valence-electron chi connectivity index (χ1n) is 8.60. The van der Waals surface area contributed by atoms with Crippen molar-refractivity contribution in [1.29, 1.82) is 0 Å². The fourth-order valence-corrected chi connectivity index (χ4v) is 2.49. The van der Waals surface area contributed by atoms with Crippen molar-refractivity contribution in [2.45, 2.75) is 39.5 Å². The Bertz CT molecular complexity index is 701. The van der Waals surface area contributed by atoms with E-state index in [1.165, 1.54) is 22.3 Å². The molecule has 0 atom stereocenters. The number of rotatable bonds is 2. The summed E-state index contributed by atoms with van der Waals surface area (Å²) in [6.07, 6.45) is 1.02. The average Bonchev–Trinajstić information content (AvgIpc) is 2.57. The van der Waals surface area contributed by atoms with E-state index in [-0.39, 0.29) is 5.41 Å². The maximum absolute atomic E-state index is 2.25. The molecule has 3 aromatic rings. The molecule has 0 unspecified atom stereocenters. The molecule has 0 fully saturated rings. The van der Waals surface area contributed by atoms with Crippen LogP contribution in [0.3, 0.4) is 0 Å². The number of hydrogen-bond acceptors (Lipinski definition) is 0. The molecule has 0 nitrogen and oxygen atoms in total. The van der Waals surface area contributed by atoms with Crippen LogP contribution < -0.4 is 0 Å². The third kappa shape index (κ3) is 6.04. The van der Waals surface area contributed by atoms with Gasteiger partial charge in [0.05, 0.1) is 0 Å². The molecule has 0 aliphatic rings. The fourth-order valence-electron chi connectivity index (χ4n) is 2.49. The van der Waals surface area contributed by atoms with Gasteiger partial charge in [-0.15, -0.1) is 0 Å². The van der Waals surface area contributed by atoms with Gasteiger partial charge >= 0.3 is 0 Å². The highest BCUT2D eigenvalue weighted by Crippen LogP contribution is 2.22. The molecular formula is C24H28. The maximum Gasteiger partial charge on any atom is -0.00258 e. The van der Waals surface area contributed by atoms with Gasteiger partial charge in [0.25, 0.3) is 0 Å². The molecule has 0 aliphatic heterocycles. The predicted molar refractivity (Wildman–Crippen MR) is 106 cm³/mol. The first-order valence-corrected chi connectivity index (χ1v) is 8.60. The van der Waals surface area contributed by atoms with Crippen molar-refractivity contribution >= 4 is 0 Å². The topological polar surface area (TPSA) is 0 Å². The third-order valence-corrected chi connectivity index (χ3v) is 4.01. The molecule has 0 saturated carbocycles. The summed E-state index contributed by atoms with van der Waals surface area (Å²) in [5.74, 6) is 0. The van der Waals surface area contributed by atoms with Gasteiger partial charge in [-0.3, -0.25) is 0 Å². The second-order valence-corrected chi connectivity index (χ2v) is 7.26. The minimum Gasteiger partial charge on any atom is -0.0622 e. The Morgan fingerprint density at radius 1 is 0.583 bits per heavy atom. The monoisotopic (exact) mass is 316 g/mol. The van der Waals surface area contributed by atoms with Crippen LogP contribution in [0.25, 0.3) is 0 Å². The Morgan fingerprint density at radius 3 is 1.46 bits per heavy atom. The summed E-state index contributed by atoms with van der Waals surface area (Å²) in [6, 6.07) is 29.9. The van der Waals surface area contributed by atoms with Gasteiger partial charge in [0, 0.05) is 0 Å². The van der Waals surface area contributed by atoms with Gasteiger partial charge in [-0.05, 0) is 35.4 Å². The minimum atomic E-state index is 0.241. The van der Waals surface area contributed by atoms with Gasteiger partial charge < -0.3 is 0 Å². The molecule has 0 heteroatoms. The predicted octanol–water partition coefficient (Wildman–Crippen LogP) is 6.57. The normalized spacial score (nSPS) is 10.7. The van der Waals surface area contributed by atoms with Crippen LogP contribution in [-0.2, 0) is 11.8 Å². The van der Waals surface area contributed by atoms with Crippen LogP contribution in [0.15, 0.2) is 84.9 Å². The molecule has 0 aromatic heterocycles. The Balaban J connectivity index is 0.000000249. The largest absolute Gasteiger partial charge is 0.0622 e. The van der Waals surface area contributed by atoms with E-state index >= 15 is 0 Å². The molecule has 0 heterocycles. The highest BCUT2D eigenvalue weighted by atomic mass is 14.2. The van der Waals surface area contributed by atoms with Crippen molar-refractivity contribution in [2.24, 2.45) is 0 Å². The second kappa shape index (κ2) is 8.49. The van der Waals surface area contributed by atoms with E-state index in [9.17, 15) is 0 Å². The van der Waals surface area contributed by atoms with Gasteiger partial charge in [-0.1, -0.05) is 111 Å². The average molecular weight is 316 g/mol. The lowest BCUT2D eigenvalue weighted by Gasteiger charge is -2.19. The number of aryl methyl sites for hydroxylation is 1. The third-order valence-electron chi connectivity index (χ3n) is 4.01. The van der Waals surface area contributed by atoms with Gasteiger partial charge in [0.2, 0.25) is 0 Å². The van der Waals surface area contributed by atoms with Crippen LogP contribution in [0.4, 0.5) is 0 Å². The SMILES string of the molecule is CC(C)(C)c1ccc(Cc2ccccc2)cc1.Cc1ccccc1. The Morgan fingerprint density at radius 2 is 1.04 bits per heavy atom. The summed E-state index contributed by atoms with van der Waals surface area (Å²) >= 11 is 0. The van der Waals surface area contributed by atoms with Crippen molar-refractivity contribution in [1.82, 2.24) is 0 Å². The van der Waals surface area contributed by atoms with Crippen molar-refractivity contribution in [2.75, 3.05) is 0 Å². The Labute approximate surface area is 147 Å². The molecule has 0 spiro atoms. The van der Waals surface area contributed by atoms with Crippen LogP contribution in [0.1, 0.15) is 43.0 Å². The summed E-state index contributed by atoms with van der Waals surface area (Å²) < 4.78 is 0. The van der Waals surface area contributed by atoms with Crippen molar-refractivity contribution in [3.8, 4) is 0 Å². The summed E-state index contributed by atoms with van der Waals surface area (Å²) in [5.41, 5.74) is 5.71. The smallest absolute Gasteiger partial charge is 0.00258 e. The lowest BCUT2D eigenvalue weighted by Crippen LogP contribution is -2.10. The molecule has 3 aromatic carbocycles. The van der Waals surface area contributed by atoms with Crippen molar-refractivity contribution in [3.63, 3.8) is 0 Å². The minimum absolute atomic E-state index is 0.241. The quantitative estimate of drug-likeness (QED) is 0.501. The standard InChI is InChI=1S/C17H20.C7H8/c1-17(2,3)16-11-9-15(10-12-16)13-14-7-5-4-6-8-14;1-7-5-3-2-4-6-7/h4-12H,13H2,1-3H3;2-6H,1H3. The van der Waals surface area contributed by atoms with E-state index in [1.54, 1.807) is 0 Å². The summed E-state index contributed by atoms with van der Waals surface area (Å²) in [6.45, 7) is 8.83. The zero-order chi connectivity index (χ0) is 17.4. The summed E-state index contributed by atoms with van der Waals surface area (Å²) in [5, 5.41) is 0. The summed E-state index contributed by atoms with van der Waals surface area (Å²) in [7, 11) is 0.